The van der Waals surface area contributed by atoms with Gasteiger partial charge in [-0.1, -0.05) is 6.07 Å². The third-order valence-corrected chi connectivity index (χ3v) is 5.40. The predicted octanol–water partition coefficient (Wildman–Crippen LogP) is 2.21. The van der Waals surface area contributed by atoms with Crippen LogP contribution in [0.3, 0.4) is 0 Å². The Hall–Kier alpha value is -1.75. The zero-order chi connectivity index (χ0) is 16.4. The van der Waals surface area contributed by atoms with Crippen LogP contribution in [0.4, 0.5) is 4.79 Å². The number of ether oxygens (including phenoxy) is 1. The van der Waals surface area contributed by atoms with Crippen molar-refractivity contribution < 1.29 is 14.6 Å². The maximum atomic E-state index is 12.2. The number of aliphatic hydroxyl groups excluding tert-OH is 1. The summed E-state index contributed by atoms with van der Waals surface area (Å²) >= 11 is 0. The van der Waals surface area contributed by atoms with Crippen LogP contribution in [0.2, 0.25) is 0 Å². The number of aryl methyl sites for hydroxylation is 1. The second-order valence-electron chi connectivity index (χ2n) is 6.89. The van der Waals surface area contributed by atoms with E-state index in [4.69, 9.17) is 4.74 Å². The van der Waals surface area contributed by atoms with Crippen molar-refractivity contribution in [3.05, 3.63) is 29.3 Å². The number of methoxy groups -OCH3 is 1. The molecule has 2 bridgehead atoms. The smallest absolute Gasteiger partial charge is 0.315 e. The van der Waals surface area contributed by atoms with E-state index in [0.29, 0.717) is 18.4 Å². The minimum Gasteiger partial charge on any atom is -0.497 e. The standard InChI is InChI=1S/C18H26N2O3/c1-11-5-12(7-15(6-11)23-2)9-19-18(22)20-17-14-4-3-13(8-14)16(17)10-21/h5-7,13-14,16-17,21H,3-4,8-10H2,1-2H3,(H2,19,20,22). The van der Waals surface area contributed by atoms with Gasteiger partial charge in [0, 0.05) is 25.1 Å². The molecule has 4 unspecified atom stereocenters. The molecule has 5 heteroatoms. The van der Waals surface area contributed by atoms with Gasteiger partial charge in [-0.25, -0.2) is 4.79 Å². The number of carbonyl (C=O) groups is 1. The second-order valence-corrected chi connectivity index (χ2v) is 6.89. The lowest BCUT2D eigenvalue weighted by molar-refractivity contribution is 0.144. The zero-order valence-electron chi connectivity index (χ0n) is 13.8. The fourth-order valence-corrected chi connectivity index (χ4v) is 4.33. The topological polar surface area (TPSA) is 70.6 Å². The van der Waals surface area contributed by atoms with E-state index >= 15 is 0 Å². The number of amides is 2. The highest BCUT2D eigenvalue weighted by Crippen LogP contribution is 2.48. The first-order valence-corrected chi connectivity index (χ1v) is 8.40. The lowest BCUT2D eigenvalue weighted by atomic mass is 9.85. The minimum atomic E-state index is -0.151. The van der Waals surface area contributed by atoms with E-state index in [2.05, 4.69) is 10.6 Å². The Kier molecular flexibility index (Phi) is 4.76. The summed E-state index contributed by atoms with van der Waals surface area (Å²) in [5.74, 6) is 2.13. The highest BCUT2D eigenvalue weighted by atomic mass is 16.5. The molecule has 2 aliphatic carbocycles. The molecule has 4 atom stereocenters. The summed E-state index contributed by atoms with van der Waals surface area (Å²) < 4.78 is 5.26. The summed E-state index contributed by atoms with van der Waals surface area (Å²) in [5, 5.41) is 15.6. The number of carbonyl (C=O) groups excluding carboxylic acids is 1. The highest BCUT2D eigenvalue weighted by molar-refractivity contribution is 5.74. The van der Waals surface area contributed by atoms with E-state index in [1.165, 1.54) is 12.8 Å². The number of urea groups is 1. The van der Waals surface area contributed by atoms with Crippen LogP contribution in [0, 0.1) is 24.7 Å². The molecule has 3 rings (SSSR count). The predicted molar refractivity (Wildman–Crippen MR) is 88.3 cm³/mol. The molecule has 0 spiro atoms. The lowest BCUT2D eigenvalue weighted by Crippen LogP contribution is -2.48. The summed E-state index contributed by atoms with van der Waals surface area (Å²) in [5.41, 5.74) is 2.12. The molecule has 0 aliphatic heterocycles. The Morgan fingerprint density at radius 1 is 1.30 bits per heavy atom. The largest absolute Gasteiger partial charge is 0.497 e. The first-order chi connectivity index (χ1) is 11.1. The summed E-state index contributed by atoms with van der Waals surface area (Å²) in [4.78, 5) is 12.2. The third kappa shape index (κ3) is 3.44. The summed E-state index contributed by atoms with van der Waals surface area (Å²) in [6, 6.07) is 5.90. The van der Waals surface area contributed by atoms with Crippen molar-refractivity contribution in [2.75, 3.05) is 13.7 Å². The maximum absolute atomic E-state index is 12.2. The van der Waals surface area contributed by atoms with Crippen molar-refractivity contribution in [1.82, 2.24) is 10.6 Å². The molecule has 0 saturated heterocycles. The number of hydrogen-bond acceptors (Lipinski definition) is 3. The van der Waals surface area contributed by atoms with Crippen molar-refractivity contribution in [1.29, 1.82) is 0 Å². The lowest BCUT2D eigenvalue weighted by Gasteiger charge is -2.30. The number of aliphatic hydroxyl groups is 1. The van der Waals surface area contributed by atoms with E-state index in [-0.39, 0.29) is 24.6 Å². The van der Waals surface area contributed by atoms with Crippen LogP contribution >= 0.6 is 0 Å². The molecule has 5 nitrogen and oxygen atoms in total. The molecule has 0 aromatic heterocycles. The SMILES string of the molecule is COc1cc(C)cc(CNC(=O)NC2C3CCC(C3)C2CO)c1. The number of benzene rings is 1. The summed E-state index contributed by atoms with van der Waals surface area (Å²) in [6.07, 6.45) is 3.51. The van der Waals surface area contributed by atoms with Gasteiger partial charge in [0.15, 0.2) is 0 Å². The van der Waals surface area contributed by atoms with Gasteiger partial charge < -0.3 is 20.5 Å². The van der Waals surface area contributed by atoms with Crippen molar-refractivity contribution in [3.8, 4) is 5.75 Å². The monoisotopic (exact) mass is 318 g/mol. The molecule has 0 radical (unpaired) electrons. The highest BCUT2D eigenvalue weighted by Gasteiger charge is 2.47. The Morgan fingerprint density at radius 3 is 2.83 bits per heavy atom. The van der Waals surface area contributed by atoms with E-state index in [9.17, 15) is 9.90 Å². The Balaban J connectivity index is 1.55. The second kappa shape index (κ2) is 6.79. The van der Waals surface area contributed by atoms with Crippen LogP contribution in [-0.4, -0.2) is 30.9 Å². The summed E-state index contributed by atoms with van der Waals surface area (Å²) in [6.45, 7) is 2.64. The molecule has 2 fully saturated rings. The van der Waals surface area contributed by atoms with E-state index in [0.717, 1.165) is 23.3 Å². The first-order valence-electron chi connectivity index (χ1n) is 8.40. The van der Waals surface area contributed by atoms with Crippen LogP contribution in [0.1, 0.15) is 30.4 Å². The molecule has 23 heavy (non-hydrogen) atoms. The van der Waals surface area contributed by atoms with E-state index < -0.39 is 0 Å². The Morgan fingerprint density at radius 2 is 2.09 bits per heavy atom. The average molecular weight is 318 g/mol. The first kappa shape index (κ1) is 16.1. The number of rotatable bonds is 5. The third-order valence-electron chi connectivity index (χ3n) is 5.40. The molecule has 3 N–H and O–H groups in total. The van der Waals surface area contributed by atoms with Gasteiger partial charge in [0.05, 0.1) is 7.11 Å². The van der Waals surface area contributed by atoms with Crippen molar-refractivity contribution >= 4 is 6.03 Å². The van der Waals surface area contributed by atoms with Gasteiger partial charge in [-0.05, 0) is 61.3 Å². The van der Waals surface area contributed by atoms with E-state index in [1.807, 2.05) is 25.1 Å². The van der Waals surface area contributed by atoms with Crippen molar-refractivity contribution in [2.45, 2.75) is 38.8 Å². The molecular formula is C18H26N2O3. The average Bonchev–Trinajstić information content (AvgIpc) is 3.13. The quantitative estimate of drug-likeness (QED) is 0.779. The number of nitrogens with one attached hydrogen (secondary N) is 2. The van der Waals surface area contributed by atoms with Gasteiger partial charge in [0.2, 0.25) is 0 Å². The normalized spacial score (nSPS) is 28.7. The fraction of sp³-hybridized carbons (Fsp3) is 0.611. The number of hydrogen-bond donors (Lipinski definition) is 3. The zero-order valence-corrected chi connectivity index (χ0v) is 13.8. The van der Waals surface area contributed by atoms with Crippen LogP contribution in [0.5, 0.6) is 5.75 Å². The van der Waals surface area contributed by atoms with Gasteiger partial charge in [0.1, 0.15) is 5.75 Å². The molecule has 126 valence electrons. The molecule has 2 aliphatic rings. The van der Waals surface area contributed by atoms with Gasteiger partial charge >= 0.3 is 6.03 Å². The van der Waals surface area contributed by atoms with E-state index in [1.54, 1.807) is 7.11 Å². The molecular weight excluding hydrogens is 292 g/mol. The maximum Gasteiger partial charge on any atom is 0.315 e. The van der Waals surface area contributed by atoms with Gasteiger partial charge in [-0.3, -0.25) is 0 Å². The Labute approximate surface area is 137 Å². The molecule has 0 heterocycles. The van der Waals surface area contributed by atoms with Crippen LogP contribution in [0.15, 0.2) is 18.2 Å². The molecule has 1 aromatic carbocycles. The fourth-order valence-electron chi connectivity index (χ4n) is 4.33. The molecule has 1 aromatic rings. The number of fused-ring (bicyclic) bond motifs is 2. The van der Waals surface area contributed by atoms with Crippen molar-refractivity contribution in [2.24, 2.45) is 17.8 Å². The van der Waals surface area contributed by atoms with Gasteiger partial charge in [-0.15, -0.1) is 0 Å². The van der Waals surface area contributed by atoms with Crippen LogP contribution in [0.25, 0.3) is 0 Å². The molecule has 2 amide bonds. The molecule has 2 saturated carbocycles. The minimum absolute atomic E-state index is 0.116. The van der Waals surface area contributed by atoms with Crippen molar-refractivity contribution in [3.63, 3.8) is 0 Å². The van der Waals surface area contributed by atoms with Crippen LogP contribution < -0.4 is 15.4 Å². The summed E-state index contributed by atoms with van der Waals surface area (Å²) in [7, 11) is 1.64. The van der Waals surface area contributed by atoms with Crippen LogP contribution in [-0.2, 0) is 6.54 Å². The Bertz CT molecular complexity index is 575. The van der Waals surface area contributed by atoms with Gasteiger partial charge in [-0.2, -0.15) is 0 Å². The van der Waals surface area contributed by atoms with Gasteiger partial charge in [0.25, 0.3) is 0 Å².